The number of anilines is 4. The van der Waals surface area contributed by atoms with Crippen LogP contribution < -0.4 is 14.5 Å². The number of alkyl halides is 2. The predicted octanol–water partition coefficient (Wildman–Crippen LogP) is 7.06. The van der Waals surface area contributed by atoms with Gasteiger partial charge in [0.2, 0.25) is 5.91 Å². The number of para-hydroxylation sites is 1. The number of hydrogen-bond acceptors (Lipinski definition) is 5. The van der Waals surface area contributed by atoms with Crippen LogP contribution in [0.4, 0.5) is 22.7 Å². The van der Waals surface area contributed by atoms with E-state index < -0.39 is 0 Å². The number of benzene rings is 3. The highest BCUT2D eigenvalue weighted by Crippen LogP contribution is 2.50. The summed E-state index contributed by atoms with van der Waals surface area (Å²) in [6.45, 7) is 0. The van der Waals surface area contributed by atoms with Gasteiger partial charge in [-0.25, -0.2) is 0 Å². The largest absolute Gasteiger partial charge is 0.426 e. The molecule has 0 bridgehead atoms. The molecule has 1 heterocycles. The Morgan fingerprint density at radius 3 is 2.24 bits per heavy atom. The molecule has 0 fully saturated rings. The average molecular weight is 590 g/mol. The van der Waals surface area contributed by atoms with Crippen LogP contribution >= 0.6 is 43.6 Å². The Morgan fingerprint density at radius 2 is 1.55 bits per heavy atom. The van der Waals surface area contributed by atoms with Crippen molar-refractivity contribution in [2.24, 2.45) is 0 Å². The van der Waals surface area contributed by atoms with E-state index in [0.717, 1.165) is 32.5 Å². The van der Waals surface area contributed by atoms with Gasteiger partial charge in [0.15, 0.2) is 0 Å². The molecule has 0 saturated heterocycles. The van der Waals surface area contributed by atoms with Crippen LogP contribution in [0.5, 0.6) is 5.75 Å². The Labute approximate surface area is 214 Å². The van der Waals surface area contributed by atoms with Crippen molar-refractivity contribution in [1.82, 2.24) is 0 Å². The summed E-state index contributed by atoms with van der Waals surface area (Å²) < 4.78 is 5.47. The summed E-state index contributed by atoms with van der Waals surface area (Å²) in [5, 5.41) is 1.13. The van der Waals surface area contributed by atoms with E-state index in [-0.39, 0.29) is 18.3 Å². The third kappa shape index (κ3) is 5.28. The van der Waals surface area contributed by atoms with Crippen molar-refractivity contribution in [1.29, 1.82) is 0 Å². The molecule has 3 aromatic carbocycles. The summed E-state index contributed by atoms with van der Waals surface area (Å²) in [6.07, 6.45) is 0.662. The maximum Gasteiger partial charge on any atom is 0.312 e. The van der Waals surface area contributed by atoms with E-state index in [2.05, 4.69) is 55.0 Å². The number of fused-ring (bicyclic) bond motifs is 2. The summed E-state index contributed by atoms with van der Waals surface area (Å²) in [7, 11) is 2.02. The van der Waals surface area contributed by atoms with E-state index in [9.17, 15) is 9.59 Å². The van der Waals surface area contributed by atoms with Crippen molar-refractivity contribution in [3.8, 4) is 5.75 Å². The Balaban J connectivity index is 1.72. The molecule has 170 valence electrons. The molecule has 0 radical (unpaired) electrons. The molecule has 4 rings (SSSR count). The Morgan fingerprint density at radius 1 is 0.879 bits per heavy atom. The molecule has 3 aromatic rings. The number of amides is 1. The van der Waals surface area contributed by atoms with Crippen LogP contribution in [0.1, 0.15) is 12.8 Å². The first-order valence-electron chi connectivity index (χ1n) is 10.4. The van der Waals surface area contributed by atoms with Gasteiger partial charge in [0.05, 0.1) is 17.8 Å². The SMILES string of the molecule is CN(c1ccccc1)c1ccc2c(c1)Sc1cc(OC(=O)CCBr)ccc1N2C(=O)CCBr. The van der Waals surface area contributed by atoms with Gasteiger partial charge in [-0.1, -0.05) is 61.8 Å². The molecule has 0 spiro atoms. The second kappa shape index (κ2) is 10.8. The second-order valence-corrected chi connectivity index (χ2v) is 10.0. The van der Waals surface area contributed by atoms with Crippen molar-refractivity contribution in [3.05, 3.63) is 66.7 Å². The minimum absolute atomic E-state index is 0.00266. The van der Waals surface area contributed by atoms with Crippen LogP contribution in [0.25, 0.3) is 0 Å². The highest BCUT2D eigenvalue weighted by Gasteiger charge is 2.29. The van der Waals surface area contributed by atoms with Crippen LogP contribution in [-0.2, 0) is 9.59 Å². The van der Waals surface area contributed by atoms with E-state index in [1.54, 1.807) is 22.7 Å². The van der Waals surface area contributed by atoms with Gasteiger partial charge < -0.3 is 9.64 Å². The topological polar surface area (TPSA) is 49.9 Å². The van der Waals surface area contributed by atoms with E-state index in [4.69, 9.17) is 4.74 Å². The maximum absolute atomic E-state index is 13.1. The zero-order chi connectivity index (χ0) is 23.4. The summed E-state index contributed by atoms with van der Waals surface area (Å²) >= 11 is 8.21. The van der Waals surface area contributed by atoms with Gasteiger partial charge in [-0.15, -0.1) is 0 Å². The van der Waals surface area contributed by atoms with Crippen LogP contribution in [-0.4, -0.2) is 29.6 Å². The first-order valence-corrected chi connectivity index (χ1v) is 13.5. The number of carbonyl (C=O) groups excluding carboxylic acids is 2. The molecule has 0 aromatic heterocycles. The van der Waals surface area contributed by atoms with Crippen LogP contribution in [0.3, 0.4) is 0 Å². The van der Waals surface area contributed by atoms with Gasteiger partial charge >= 0.3 is 5.97 Å². The Kier molecular flexibility index (Phi) is 7.78. The minimum atomic E-state index is -0.299. The number of halogens is 2. The lowest BCUT2D eigenvalue weighted by molar-refractivity contribution is -0.133. The van der Waals surface area contributed by atoms with Gasteiger partial charge in [-0.05, 0) is 48.5 Å². The normalized spacial score (nSPS) is 12.0. The standard InChI is InChI=1S/C25H22Br2N2O3S/c1-28(17-5-3-2-4-6-17)18-7-9-20-22(15-18)33-23-16-19(32-25(31)12-14-27)8-10-21(23)29(20)24(30)11-13-26/h2-10,15-16H,11-14H2,1H3. The number of ether oxygens (including phenoxy) is 1. The molecule has 5 nitrogen and oxygen atoms in total. The fraction of sp³-hybridized carbons (Fsp3) is 0.200. The Bertz CT molecular complexity index is 1170. The highest BCUT2D eigenvalue weighted by atomic mass is 79.9. The number of nitrogens with zero attached hydrogens (tertiary/aromatic N) is 2. The quantitative estimate of drug-likeness (QED) is 0.168. The van der Waals surface area contributed by atoms with Crippen LogP contribution in [0.2, 0.25) is 0 Å². The molecule has 1 amide bonds. The number of hydrogen-bond donors (Lipinski definition) is 0. The first kappa shape index (κ1) is 23.9. The fourth-order valence-electron chi connectivity index (χ4n) is 3.57. The van der Waals surface area contributed by atoms with E-state index in [0.29, 0.717) is 22.8 Å². The summed E-state index contributed by atoms with van der Waals surface area (Å²) in [5.41, 5.74) is 3.74. The van der Waals surface area contributed by atoms with Crippen LogP contribution in [0, 0.1) is 0 Å². The summed E-state index contributed by atoms with van der Waals surface area (Å²) in [5.74, 6) is 0.177. The molecule has 8 heteroatoms. The second-order valence-electron chi connectivity index (χ2n) is 7.36. The molecule has 0 aliphatic carbocycles. The Hall–Kier alpha value is -2.29. The maximum atomic E-state index is 13.1. The number of esters is 1. The van der Waals surface area contributed by atoms with Crippen molar-refractivity contribution < 1.29 is 14.3 Å². The van der Waals surface area contributed by atoms with E-state index >= 15 is 0 Å². The summed E-state index contributed by atoms with van der Waals surface area (Å²) in [4.78, 5) is 30.8. The minimum Gasteiger partial charge on any atom is -0.426 e. The van der Waals surface area contributed by atoms with E-state index in [1.165, 1.54) is 0 Å². The summed E-state index contributed by atoms with van der Waals surface area (Å²) in [6, 6.07) is 21.7. The molecular formula is C25H22Br2N2O3S. The lowest BCUT2D eigenvalue weighted by Crippen LogP contribution is -2.28. The third-order valence-corrected chi connectivity index (χ3v) is 7.08. The first-order chi connectivity index (χ1) is 16.0. The zero-order valence-corrected chi connectivity index (χ0v) is 22.0. The molecule has 0 saturated carbocycles. The molecule has 0 N–H and O–H groups in total. The molecular weight excluding hydrogens is 568 g/mol. The molecule has 0 atom stereocenters. The molecule has 33 heavy (non-hydrogen) atoms. The van der Waals surface area contributed by atoms with Gasteiger partial charge in [0, 0.05) is 45.3 Å². The van der Waals surface area contributed by atoms with Crippen molar-refractivity contribution in [2.75, 3.05) is 27.5 Å². The monoisotopic (exact) mass is 588 g/mol. The van der Waals surface area contributed by atoms with Crippen molar-refractivity contribution in [3.63, 3.8) is 0 Å². The third-order valence-electron chi connectivity index (χ3n) is 5.20. The molecule has 1 aliphatic heterocycles. The van der Waals surface area contributed by atoms with Crippen LogP contribution in [0.15, 0.2) is 76.5 Å². The lowest BCUT2D eigenvalue weighted by atomic mass is 10.1. The van der Waals surface area contributed by atoms with E-state index in [1.807, 2.05) is 49.5 Å². The van der Waals surface area contributed by atoms with Gasteiger partial charge in [0.1, 0.15) is 5.75 Å². The van der Waals surface area contributed by atoms with Crippen molar-refractivity contribution >= 4 is 78.2 Å². The molecule has 1 aliphatic rings. The fourth-order valence-corrected chi connectivity index (χ4v) is 5.35. The molecule has 0 unspecified atom stereocenters. The predicted molar refractivity (Wildman–Crippen MR) is 141 cm³/mol. The lowest BCUT2D eigenvalue weighted by Gasteiger charge is -2.32. The van der Waals surface area contributed by atoms with Gasteiger partial charge in [0.25, 0.3) is 0 Å². The zero-order valence-electron chi connectivity index (χ0n) is 18.0. The number of carbonyl (C=O) groups is 2. The van der Waals surface area contributed by atoms with Gasteiger partial charge in [-0.3, -0.25) is 14.5 Å². The highest BCUT2D eigenvalue weighted by molar-refractivity contribution is 9.09. The van der Waals surface area contributed by atoms with Gasteiger partial charge in [-0.2, -0.15) is 0 Å². The van der Waals surface area contributed by atoms with Crippen molar-refractivity contribution in [2.45, 2.75) is 22.6 Å². The average Bonchev–Trinajstić information content (AvgIpc) is 2.82. The number of rotatable bonds is 7. The smallest absolute Gasteiger partial charge is 0.312 e.